The van der Waals surface area contributed by atoms with Crippen molar-refractivity contribution in [3.05, 3.63) is 108 Å². The highest BCUT2D eigenvalue weighted by Crippen LogP contribution is 2.24. The molecule has 3 aromatic rings. The van der Waals surface area contributed by atoms with E-state index in [4.69, 9.17) is 5.11 Å². The van der Waals surface area contributed by atoms with Crippen LogP contribution in [0.15, 0.2) is 91.5 Å². The first-order valence-electron chi connectivity index (χ1n) is 8.45. The Morgan fingerprint density at radius 2 is 1.30 bits per heavy atom. The Kier molecular flexibility index (Phi) is 5.43. The van der Waals surface area contributed by atoms with Gasteiger partial charge < -0.3 is 5.11 Å². The molecule has 3 heteroatoms. The maximum atomic E-state index is 12.7. The minimum atomic E-state index is -1.01. The molecule has 0 heterocycles. The molecule has 3 nitrogen and oxygen atoms in total. The summed E-state index contributed by atoms with van der Waals surface area (Å²) < 4.78 is 0. The average molecular weight is 354 g/mol. The molecule has 0 fully saturated rings. The largest absolute Gasteiger partial charge is 0.478 e. The van der Waals surface area contributed by atoms with Crippen molar-refractivity contribution >= 4 is 23.4 Å². The van der Waals surface area contributed by atoms with E-state index in [1.165, 1.54) is 6.08 Å². The smallest absolute Gasteiger partial charge is 0.328 e. The molecule has 0 spiro atoms. The molecule has 0 bridgehead atoms. The fourth-order valence-electron chi connectivity index (χ4n) is 2.71. The second-order valence-corrected chi connectivity index (χ2v) is 6.04. The van der Waals surface area contributed by atoms with Gasteiger partial charge in [-0.25, -0.2) is 4.79 Å². The molecule has 0 aliphatic rings. The molecule has 0 aliphatic heterocycles. The van der Waals surface area contributed by atoms with Crippen LogP contribution in [0.3, 0.4) is 0 Å². The topological polar surface area (TPSA) is 54.4 Å². The SMILES string of the molecule is C=C(C(=O)c1ccc(C=CC(=O)O)cc1)c1ccc(-c2ccccc2)cc1. The van der Waals surface area contributed by atoms with Gasteiger partial charge >= 0.3 is 5.97 Å². The number of carboxylic acids is 1. The molecular weight excluding hydrogens is 336 g/mol. The summed E-state index contributed by atoms with van der Waals surface area (Å²) in [6, 6.07) is 24.5. The number of carboxylic acid groups (broad SMARTS) is 1. The number of carbonyl (C=O) groups is 2. The molecule has 0 saturated carbocycles. The molecule has 0 radical (unpaired) electrons. The van der Waals surface area contributed by atoms with Crippen LogP contribution < -0.4 is 0 Å². The number of carbonyl (C=O) groups excluding carboxylic acids is 1. The summed E-state index contributed by atoms with van der Waals surface area (Å²) in [5, 5.41) is 8.66. The molecule has 0 unspecified atom stereocenters. The third kappa shape index (κ3) is 4.47. The van der Waals surface area contributed by atoms with E-state index in [0.717, 1.165) is 22.8 Å². The summed E-state index contributed by atoms with van der Waals surface area (Å²) in [5.41, 5.74) is 4.62. The lowest BCUT2D eigenvalue weighted by molar-refractivity contribution is -0.131. The molecule has 0 aromatic heterocycles. The summed E-state index contributed by atoms with van der Waals surface area (Å²) in [6.45, 7) is 3.94. The second kappa shape index (κ2) is 8.11. The van der Waals surface area contributed by atoms with Crippen LogP contribution in [0.1, 0.15) is 21.5 Å². The van der Waals surface area contributed by atoms with Crippen molar-refractivity contribution in [2.24, 2.45) is 0 Å². The molecule has 3 aromatic carbocycles. The van der Waals surface area contributed by atoms with E-state index in [-0.39, 0.29) is 5.78 Å². The summed E-state index contributed by atoms with van der Waals surface area (Å²) in [5.74, 6) is -1.17. The van der Waals surface area contributed by atoms with Crippen molar-refractivity contribution in [3.63, 3.8) is 0 Å². The van der Waals surface area contributed by atoms with Crippen LogP contribution in [0.25, 0.3) is 22.8 Å². The van der Waals surface area contributed by atoms with Crippen LogP contribution in [-0.2, 0) is 4.79 Å². The number of hydrogen-bond donors (Lipinski definition) is 1. The minimum Gasteiger partial charge on any atom is -0.478 e. The first-order chi connectivity index (χ1) is 13.0. The van der Waals surface area contributed by atoms with Gasteiger partial charge in [-0.05, 0) is 28.3 Å². The van der Waals surface area contributed by atoms with Gasteiger partial charge in [-0.2, -0.15) is 0 Å². The first kappa shape index (κ1) is 18.1. The normalized spacial score (nSPS) is 10.7. The Bertz CT molecular complexity index is 996. The lowest BCUT2D eigenvalue weighted by Gasteiger charge is -2.08. The van der Waals surface area contributed by atoms with E-state index in [1.54, 1.807) is 24.3 Å². The zero-order valence-corrected chi connectivity index (χ0v) is 14.6. The third-order valence-corrected chi connectivity index (χ3v) is 4.21. The van der Waals surface area contributed by atoms with E-state index < -0.39 is 5.97 Å². The lowest BCUT2D eigenvalue weighted by Crippen LogP contribution is -2.01. The molecule has 0 amide bonds. The highest BCUT2D eigenvalue weighted by molar-refractivity contribution is 6.28. The van der Waals surface area contributed by atoms with E-state index >= 15 is 0 Å². The van der Waals surface area contributed by atoms with Crippen molar-refractivity contribution in [3.8, 4) is 11.1 Å². The number of rotatable bonds is 6. The Labute approximate surface area is 157 Å². The average Bonchev–Trinajstić information content (AvgIpc) is 2.72. The highest BCUT2D eigenvalue weighted by Gasteiger charge is 2.12. The van der Waals surface area contributed by atoms with Crippen molar-refractivity contribution in [2.45, 2.75) is 0 Å². The first-order valence-corrected chi connectivity index (χ1v) is 8.45. The second-order valence-electron chi connectivity index (χ2n) is 6.04. The van der Waals surface area contributed by atoms with Gasteiger partial charge in [0, 0.05) is 17.2 Å². The molecule has 27 heavy (non-hydrogen) atoms. The van der Waals surface area contributed by atoms with Crippen molar-refractivity contribution in [1.82, 2.24) is 0 Å². The van der Waals surface area contributed by atoms with Crippen molar-refractivity contribution in [2.75, 3.05) is 0 Å². The summed E-state index contributed by atoms with van der Waals surface area (Å²) >= 11 is 0. The van der Waals surface area contributed by atoms with Crippen LogP contribution in [0, 0.1) is 0 Å². The molecule has 0 aliphatic carbocycles. The van der Waals surface area contributed by atoms with Gasteiger partial charge in [0.15, 0.2) is 5.78 Å². The zero-order valence-electron chi connectivity index (χ0n) is 14.6. The Balaban J connectivity index is 1.75. The van der Waals surface area contributed by atoms with Crippen LogP contribution in [0.4, 0.5) is 0 Å². The van der Waals surface area contributed by atoms with Gasteiger partial charge in [-0.1, -0.05) is 85.4 Å². The Morgan fingerprint density at radius 3 is 1.89 bits per heavy atom. The standard InChI is InChI=1S/C24H18O3/c1-17(19-12-14-21(15-13-19)20-5-3-2-4-6-20)24(27)22-10-7-18(8-11-22)9-16-23(25)26/h2-16H,1H2,(H,25,26). The fraction of sp³-hybridized carbons (Fsp3) is 0. The molecule has 132 valence electrons. The number of allylic oxidation sites excluding steroid dienone is 1. The van der Waals surface area contributed by atoms with Gasteiger partial charge in [0.05, 0.1) is 0 Å². The van der Waals surface area contributed by atoms with E-state index in [1.807, 2.05) is 54.6 Å². The van der Waals surface area contributed by atoms with Gasteiger partial charge in [-0.15, -0.1) is 0 Å². The summed E-state index contributed by atoms with van der Waals surface area (Å²) in [6.07, 6.45) is 2.54. The van der Waals surface area contributed by atoms with Gasteiger partial charge in [0.2, 0.25) is 0 Å². The number of aliphatic carboxylic acids is 1. The van der Waals surface area contributed by atoms with Crippen LogP contribution in [0.2, 0.25) is 0 Å². The van der Waals surface area contributed by atoms with Crippen LogP contribution in [0.5, 0.6) is 0 Å². The molecule has 3 rings (SSSR count). The Morgan fingerprint density at radius 1 is 0.741 bits per heavy atom. The minimum absolute atomic E-state index is 0.156. The van der Waals surface area contributed by atoms with E-state index in [9.17, 15) is 9.59 Å². The van der Waals surface area contributed by atoms with Crippen LogP contribution in [-0.4, -0.2) is 16.9 Å². The Hall–Kier alpha value is -3.72. The number of benzene rings is 3. The predicted octanol–water partition coefficient (Wildman–Crippen LogP) is 5.35. The fourth-order valence-corrected chi connectivity index (χ4v) is 2.71. The lowest BCUT2D eigenvalue weighted by atomic mass is 9.95. The third-order valence-electron chi connectivity index (χ3n) is 4.21. The van der Waals surface area contributed by atoms with Gasteiger partial charge in [0.25, 0.3) is 0 Å². The van der Waals surface area contributed by atoms with Crippen molar-refractivity contribution in [1.29, 1.82) is 0 Å². The van der Waals surface area contributed by atoms with Gasteiger partial charge in [-0.3, -0.25) is 4.79 Å². The monoisotopic (exact) mass is 354 g/mol. The zero-order chi connectivity index (χ0) is 19.2. The van der Waals surface area contributed by atoms with Crippen molar-refractivity contribution < 1.29 is 14.7 Å². The molecule has 1 N–H and O–H groups in total. The number of Topliss-reactive ketones (excluding diaryl/α,β-unsaturated/α-hetero) is 1. The molecule has 0 atom stereocenters. The van der Waals surface area contributed by atoms with Gasteiger partial charge in [0.1, 0.15) is 0 Å². The number of ketones is 1. The summed E-state index contributed by atoms with van der Waals surface area (Å²) in [7, 11) is 0. The molecular formula is C24H18O3. The van der Waals surface area contributed by atoms with E-state index in [0.29, 0.717) is 16.7 Å². The predicted molar refractivity (Wildman–Crippen MR) is 108 cm³/mol. The quantitative estimate of drug-likeness (QED) is 0.480. The molecule has 0 saturated heterocycles. The number of hydrogen-bond acceptors (Lipinski definition) is 2. The summed E-state index contributed by atoms with van der Waals surface area (Å²) in [4.78, 5) is 23.2. The highest BCUT2D eigenvalue weighted by atomic mass is 16.4. The maximum absolute atomic E-state index is 12.7. The van der Waals surface area contributed by atoms with E-state index in [2.05, 4.69) is 6.58 Å². The van der Waals surface area contributed by atoms with Crippen LogP contribution >= 0.6 is 0 Å². The maximum Gasteiger partial charge on any atom is 0.328 e.